The van der Waals surface area contributed by atoms with Crippen LogP contribution in [0.4, 0.5) is 45.5 Å². The van der Waals surface area contributed by atoms with Crippen LogP contribution >= 0.6 is 0 Å². The van der Waals surface area contributed by atoms with Crippen molar-refractivity contribution < 1.29 is 0 Å². The maximum Gasteiger partial charge on any atom is 0.333 e. The number of fused-ring (bicyclic) bond motifs is 6. The van der Waals surface area contributed by atoms with Crippen molar-refractivity contribution in [3.63, 3.8) is 0 Å². The van der Waals surface area contributed by atoms with Gasteiger partial charge in [0.05, 0.1) is 0 Å². The maximum absolute atomic E-state index is 2.67. The van der Waals surface area contributed by atoms with Gasteiger partial charge in [0.25, 0.3) is 0 Å². The summed E-state index contributed by atoms with van der Waals surface area (Å²) in [5.74, 6) is 0. The van der Waals surface area contributed by atoms with Crippen molar-refractivity contribution in [2.45, 2.75) is 92.4 Å². The highest BCUT2D eigenvalue weighted by Crippen LogP contribution is 2.51. The molecule has 0 saturated carbocycles. The molecule has 0 N–H and O–H groups in total. The van der Waals surface area contributed by atoms with Gasteiger partial charge in [-0.3, -0.25) is 0 Å². The Hall–Kier alpha value is -7.30. The normalized spacial score (nSPS) is 13.3. The number of benzene rings is 9. The lowest BCUT2D eigenvalue weighted by Crippen LogP contribution is -2.61. The van der Waals surface area contributed by atoms with Crippen LogP contribution in [-0.4, -0.2) is 6.85 Å². The summed E-state index contributed by atoms with van der Waals surface area (Å²) in [4.78, 5) is 7.70. The first-order chi connectivity index (χ1) is 33.4. The van der Waals surface area contributed by atoms with Gasteiger partial charge in [0.2, 0.25) is 0 Å². The Morgan fingerprint density at radius 3 is 1.60 bits per heavy atom. The summed E-state index contributed by atoms with van der Waals surface area (Å²) in [7, 11) is 0. The van der Waals surface area contributed by atoms with Gasteiger partial charge in [0.15, 0.2) is 0 Å². The van der Waals surface area contributed by atoms with Crippen LogP contribution in [0.1, 0.15) is 90.1 Å². The quantitative estimate of drug-likeness (QED) is 0.154. The van der Waals surface area contributed by atoms with Gasteiger partial charge in [-0.2, -0.15) is 0 Å². The summed E-state index contributed by atoms with van der Waals surface area (Å²) in [5, 5.41) is 2.49. The summed E-state index contributed by atoms with van der Waals surface area (Å²) in [6.45, 7) is 25.1. The van der Waals surface area contributed by atoms with E-state index < -0.39 is 0 Å². The minimum Gasteiger partial charge on any atom is -0.376 e. The van der Waals surface area contributed by atoms with E-state index in [1.807, 2.05) is 0 Å². The van der Waals surface area contributed by atoms with Crippen LogP contribution in [0.2, 0.25) is 0 Å². The van der Waals surface area contributed by atoms with E-state index >= 15 is 0 Å². The molecule has 11 rings (SSSR count). The standard InChI is InChI=1S/C66H64BN3/c1-43-39-57-56-36-21-46-19-15-16-20-55(46)63(56)70(53-33-27-50(28-34-53)66(9,10)11)67-58-37-35-54(68(51-29-23-48(24-30-51)64(3,4)5)52-31-25-49(26-32-52)65(6,7)8)42-60(58)69(61(40-43)62(57)67)59-38-22-47(41-44(59)2)45-17-13-12-14-18-45/h12-42H,1-11H3. The van der Waals surface area contributed by atoms with Crippen LogP contribution in [0.3, 0.4) is 0 Å². The molecular weight excluding hydrogens is 846 g/mol. The average Bonchev–Trinajstić information content (AvgIpc) is 3.34. The fourth-order valence-electron chi connectivity index (χ4n) is 11.0. The molecule has 0 bridgehead atoms. The molecule has 0 aromatic heterocycles. The van der Waals surface area contributed by atoms with Crippen molar-refractivity contribution in [1.29, 1.82) is 0 Å². The Balaban J connectivity index is 1.20. The predicted octanol–water partition coefficient (Wildman–Crippen LogP) is 17.2. The molecule has 0 aliphatic carbocycles. The molecule has 0 spiro atoms. The molecule has 0 saturated heterocycles. The smallest absolute Gasteiger partial charge is 0.333 e. The zero-order valence-electron chi connectivity index (χ0n) is 42.8. The van der Waals surface area contributed by atoms with Crippen LogP contribution < -0.4 is 25.5 Å². The van der Waals surface area contributed by atoms with Gasteiger partial charge in [-0.15, -0.1) is 0 Å². The van der Waals surface area contributed by atoms with E-state index in [1.54, 1.807) is 0 Å². The summed E-state index contributed by atoms with van der Waals surface area (Å²) in [6, 6.07) is 71.4. The number of anilines is 8. The van der Waals surface area contributed by atoms with Crippen LogP contribution in [0.5, 0.6) is 0 Å². The summed E-state index contributed by atoms with van der Waals surface area (Å²) in [5.41, 5.74) is 23.4. The highest BCUT2D eigenvalue weighted by atomic mass is 15.2. The molecule has 0 fully saturated rings. The van der Waals surface area contributed by atoms with Gasteiger partial charge in [-0.25, -0.2) is 0 Å². The number of aryl methyl sites for hydroxylation is 2. The third-order valence-electron chi connectivity index (χ3n) is 14.9. The van der Waals surface area contributed by atoms with E-state index in [4.69, 9.17) is 0 Å². The van der Waals surface area contributed by atoms with E-state index in [-0.39, 0.29) is 23.1 Å². The fourth-order valence-corrected chi connectivity index (χ4v) is 11.0. The van der Waals surface area contributed by atoms with Crippen LogP contribution in [0.15, 0.2) is 188 Å². The Bertz CT molecular complexity index is 3380. The minimum atomic E-state index is -0.126. The molecule has 2 aliphatic rings. The van der Waals surface area contributed by atoms with E-state index in [0.29, 0.717) is 0 Å². The number of rotatable bonds is 6. The lowest BCUT2D eigenvalue weighted by atomic mass is 9.43. The molecular formula is C66H64BN3. The second-order valence-corrected chi connectivity index (χ2v) is 22.9. The molecule has 0 amide bonds. The number of nitrogens with zero attached hydrogens (tertiary/aromatic N) is 3. The largest absolute Gasteiger partial charge is 0.376 e. The Kier molecular flexibility index (Phi) is 10.8. The maximum atomic E-state index is 2.67. The van der Waals surface area contributed by atoms with Crippen LogP contribution in [-0.2, 0) is 16.2 Å². The van der Waals surface area contributed by atoms with Gasteiger partial charge in [0.1, 0.15) is 0 Å². The first kappa shape index (κ1) is 45.2. The first-order valence-electron chi connectivity index (χ1n) is 25.1. The lowest BCUT2D eigenvalue weighted by Gasteiger charge is -2.47. The van der Waals surface area contributed by atoms with Crippen molar-refractivity contribution in [2.24, 2.45) is 0 Å². The van der Waals surface area contributed by atoms with Crippen molar-refractivity contribution >= 4 is 74.0 Å². The Labute approximate surface area is 417 Å². The fraction of sp³-hybridized carbons (Fsp3) is 0.212. The van der Waals surface area contributed by atoms with Gasteiger partial charge in [-0.05, 0) is 158 Å². The molecule has 2 aliphatic heterocycles. The molecule has 3 nitrogen and oxygen atoms in total. The summed E-state index contributed by atoms with van der Waals surface area (Å²) >= 11 is 0. The van der Waals surface area contributed by atoms with Gasteiger partial charge in [-0.1, -0.05) is 184 Å². The highest BCUT2D eigenvalue weighted by molar-refractivity contribution is 6.93. The molecule has 0 atom stereocenters. The predicted molar refractivity (Wildman–Crippen MR) is 303 cm³/mol. The minimum absolute atomic E-state index is 0.0244. The molecule has 346 valence electrons. The molecule has 9 aromatic carbocycles. The zero-order valence-corrected chi connectivity index (χ0v) is 42.8. The molecule has 0 unspecified atom stereocenters. The Morgan fingerprint density at radius 2 is 1.00 bits per heavy atom. The summed E-state index contributed by atoms with van der Waals surface area (Å²) < 4.78 is 0. The van der Waals surface area contributed by atoms with Crippen LogP contribution in [0.25, 0.3) is 33.0 Å². The zero-order chi connectivity index (χ0) is 48.9. The second kappa shape index (κ2) is 16.7. The molecule has 9 aromatic rings. The first-order valence-corrected chi connectivity index (χ1v) is 25.1. The van der Waals surface area contributed by atoms with Crippen LogP contribution in [0, 0.1) is 13.8 Å². The van der Waals surface area contributed by atoms with E-state index in [9.17, 15) is 0 Å². The lowest BCUT2D eigenvalue weighted by molar-refractivity contribution is 0.590. The molecule has 0 radical (unpaired) electrons. The number of hydrogen-bond acceptors (Lipinski definition) is 3. The van der Waals surface area contributed by atoms with Gasteiger partial charge >= 0.3 is 6.85 Å². The van der Waals surface area contributed by atoms with Crippen molar-refractivity contribution in [3.05, 3.63) is 216 Å². The molecule has 70 heavy (non-hydrogen) atoms. The van der Waals surface area contributed by atoms with Crippen molar-refractivity contribution in [1.82, 2.24) is 0 Å². The molecule has 4 heteroatoms. The monoisotopic (exact) mass is 910 g/mol. The van der Waals surface area contributed by atoms with E-state index in [1.165, 1.54) is 100 Å². The average molecular weight is 910 g/mol. The van der Waals surface area contributed by atoms with Crippen molar-refractivity contribution in [2.75, 3.05) is 14.6 Å². The topological polar surface area (TPSA) is 9.72 Å². The van der Waals surface area contributed by atoms with E-state index in [0.717, 1.165) is 17.1 Å². The summed E-state index contributed by atoms with van der Waals surface area (Å²) in [6.07, 6.45) is 0. The van der Waals surface area contributed by atoms with Gasteiger partial charge in [0, 0.05) is 56.4 Å². The number of hydrogen-bond donors (Lipinski definition) is 0. The highest BCUT2D eigenvalue weighted by Gasteiger charge is 2.46. The second-order valence-electron chi connectivity index (χ2n) is 22.9. The van der Waals surface area contributed by atoms with Crippen molar-refractivity contribution in [3.8, 4) is 22.3 Å². The molecule has 2 heterocycles. The SMILES string of the molecule is Cc1cc2c3c(c1)N(c1ccc(-c4ccccc4)cc1C)c1cc(N(c4ccc(C(C)(C)C)cc4)c4ccc(C(C)(C)C)cc4)ccc1B3N(c1ccc(C(C)(C)C)cc1)c1c-2ccc2ccccc12. The van der Waals surface area contributed by atoms with Gasteiger partial charge < -0.3 is 14.6 Å². The Morgan fingerprint density at radius 1 is 0.429 bits per heavy atom. The third-order valence-corrected chi connectivity index (χ3v) is 14.9. The van der Waals surface area contributed by atoms with E-state index in [2.05, 4.69) is 279 Å². The third kappa shape index (κ3) is 7.79.